The van der Waals surface area contributed by atoms with Gasteiger partial charge in [0, 0.05) is 34.9 Å². The first kappa shape index (κ1) is 16.8. The fraction of sp³-hybridized carbons (Fsp3) is 0.300. The second-order valence-electron chi connectivity index (χ2n) is 5.93. The highest BCUT2D eigenvalue weighted by atomic mass is 32.1. The van der Waals surface area contributed by atoms with Crippen LogP contribution in [0.5, 0.6) is 0 Å². The number of benzene rings is 1. The molecule has 3 nitrogen and oxygen atoms in total. The maximum Gasteiger partial charge on any atom is 0.124 e. The molecule has 0 fully saturated rings. The van der Waals surface area contributed by atoms with E-state index >= 15 is 0 Å². The quantitative estimate of drug-likeness (QED) is 0.693. The largest absolute Gasteiger partial charge is 0.305 e. The number of nitrogens with zero attached hydrogens (tertiary/aromatic N) is 2. The molecule has 0 amide bonds. The highest BCUT2D eigenvalue weighted by Gasteiger charge is 2.11. The molecule has 0 saturated carbocycles. The fourth-order valence-electron chi connectivity index (χ4n) is 2.63. The first-order valence-corrected chi connectivity index (χ1v) is 9.19. The van der Waals surface area contributed by atoms with Crippen molar-refractivity contribution >= 4 is 11.3 Å². The number of thiazole rings is 1. The van der Waals surface area contributed by atoms with Gasteiger partial charge in [-0.15, -0.1) is 11.3 Å². The minimum atomic E-state index is 0.323. The molecule has 1 N–H and O–H groups in total. The minimum absolute atomic E-state index is 0.323. The lowest BCUT2D eigenvalue weighted by atomic mass is 10.1. The zero-order valence-electron chi connectivity index (χ0n) is 14.4. The van der Waals surface area contributed by atoms with Gasteiger partial charge in [-0.1, -0.05) is 37.3 Å². The first-order chi connectivity index (χ1) is 11.7. The van der Waals surface area contributed by atoms with Crippen molar-refractivity contribution in [1.82, 2.24) is 15.3 Å². The van der Waals surface area contributed by atoms with Crippen molar-refractivity contribution in [3.8, 4) is 10.6 Å². The Labute approximate surface area is 147 Å². The van der Waals surface area contributed by atoms with E-state index < -0.39 is 0 Å². The molecule has 1 unspecified atom stereocenters. The van der Waals surface area contributed by atoms with Crippen LogP contribution in [-0.2, 0) is 13.0 Å². The van der Waals surface area contributed by atoms with E-state index in [0.717, 1.165) is 34.9 Å². The molecule has 0 aliphatic rings. The molecular weight excluding hydrogens is 314 g/mol. The van der Waals surface area contributed by atoms with E-state index in [9.17, 15) is 0 Å². The van der Waals surface area contributed by atoms with E-state index in [1.807, 2.05) is 12.3 Å². The highest BCUT2D eigenvalue weighted by molar-refractivity contribution is 7.15. The number of aromatic nitrogens is 2. The van der Waals surface area contributed by atoms with Gasteiger partial charge in [-0.3, -0.25) is 4.98 Å². The highest BCUT2D eigenvalue weighted by Crippen LogP contribution is 2.28. The molecule has 1 aromatic carbocycles. The molecular formula is C20H23N3S. The molecule has 2 heterocycles. The van der Waals surface area contributed by atoms with E-state index in [1.165, 1.54) is 10.4 Å². The normalized spacial score (nSPS) is 12.3. The number of hydrogen-bond acceptors (Lipinski definition) is 4. The molecule has 1 atom stereocenters. The third-order valence-electron chi connectivity index (χ3n) is 4.19. The molecule has 4 heteroatoms. The lowest BCUT2D eigenvalue weighted by molar-refractivity contribution is 0.577. The molecule has 0 spiro atoms. The van der Waals surface area contributed by atoms with Gasteiger partial charge in [-0.05, 0) is 38.0 Å². The summed E-state index contributed by atoms with van der Waals surface area (Å²) in [7, 11) is 0. The smallest absolute Gasteiger partial charge is 0.124 e. The van der Waals surface area contributed by atoms with E-state index in [2.05, 4.69) is 67.5 Å². The van der Waals surface area contributed by atoms with Gasteiger partial charge < -0.3 is 5.32 Å². The van der Waals surface area contributed by atoms with Gasteiger partial charge in [-0.25, -0.2) is 4.98 Å². The maximum absolute atomic E-state index is 4.76. The standard InChI is InChI=1S/C20H23N3S/c1-4-18-12-17(10-11-21-18)20-23-15(3)19(24-20)13-22-14(2)16-8-6-5-7-9-16/h5-12,14,22H,4,13H2,1-3H3. The van der Waals surface area contributed by atoms with Crippen LogP contribution in [0.25, 0.3) is 10.6 Å². The van der Waals surface area contributed by atoms with Crippen LogP contribution in [0.1, 0.15) is 41.7 Å². The van der Waals surface area contributed by atoms with Crippen molar-refractivity contribution in [2.24, 2.45) is 0 Å². The van der Waals surface area contributed by atoms with Crippen LogP contribution in [-0.4, -0.2) is 9.97 Å². The number of rotatable bonds is 6. The molecule has 24 heavy (non-hydrogen) atoms. The number of hydrogen-bond donors (Lipinski definition) is 1. The van der Waals surface area contributed by atoms with E-state index in [-0.39, 0.29) is 0 Å². The van der Waals surface area contributed by atoms with E-state index in [4.69, 9.17) is 4.98 Å². The summed E-state index contributed by atoms with van der Waals surface area (Å²) in [5.74, 6) is 0. The lowest BCUT2D eigenvalue weighted by Crippen LogP contribution is -2.17. The van der Waals surface area contributed by atoms with Crippen LogP contribution in [0, 0.1) is 6.92 Å². The Morgan fingerprint density at radius 1 is 1.17 bits per heavy atom. The van der Waals surface area contributed by atoms with Crippen molar-refractivity contribution in [1.29, 1.82) is 0 Å². The predicted octanol–water partition coefficient (Wildman–Crippen LogP) is 4.93. The van der Waals surface area contributed by atoms with Gasteiger partial charge >= 0.3 is 0 Å². The van der Waals surface area contributed by atoms with Crippen molar-refractivity contribution < 1.29 is 0 Å². The molecule has 0 aliphatic heterocycles. The average molecular weight is 337 g/mol. The summed E-state index contributed by atoms with van der Waals surface area (Å²) in [4.78, 5) is 10.4. The van der Waals surface area contributed by atoms with Crippen molar-refractivity contribution in [3.63, 3.8) is 0 Å². The fourth-order valence-corrected chi connectivity index (χ4v) is 3.64. The van der Waals surface area contributed by atoms with Crippen molar-refractivity contribution in [2.45, 2.75) is 39.8 Å². The van der Waals surface area contributed by atoms with Crippen LogP contribution in [0.2, 0.25) is 0 Å². The Hall–Kier alpha value is -2.04. The molecule has 0 saturated heterocycles. The third kappa shape index (κ3) is 3.89. The summed E-state index contributed by atoms with van der Waals surface area (Å²) >= 11 is 1.77. The Morgan fingerprint density at radius 2 is 1.96 bits per heavy atom. The zero-order valence-corrected chi connectivity index (χ0v) is 15.2. The van der Waals surface area contributed by atoms with Gasteiger partial charge in [0.25, 0.3) is 0 Å². The maximum atomic E-state index is 4.76. The van der Waals surface area contributed by atoms with Crippen LogP contribution >= 0.6 is 11.3 Å². The monoisotopic (exact) mass is 337 g/mol. The summed E-state index contributed by atoms with van der Waals surface area (Å²) in [6.45, 7) is 7.25. The second kappa shape index (κ2) is 7.69. The Balaban J connectivity index is 1.72. The Bertz CT molecular complexity index is 796. The van der Waals surface area contributed by atoms with E-state index in [1.54, 1.807) is 11.3 Å². The minimum Gasteiger partial charge on any atom is -0.305 e. The topological polar surface area (TPSA) is 37.8 Å². The second-order valence-corrected chi connectivity index (χ2v) is 7.01. The average Bonchev–Trinajstić information content (AvgIpc) is 3.01. The summed E-state index contributed by atoms with van der Waals surface area (Å²) in [6.07, 6.45) is 2.82. The molecule has 0 bridgehead atoms. The lowest BCUT2D eigenvalue weighted by Gasteiger charge is -2.13. The molecule has 2 aromatic heterocycles. The summed E-state index contributed by atoms with van der Waals surface area (Å²) < 4.78 is 0. The van der Waals surface area contributed by atoms with Gasteiger partial charge in [0.05, 0.1) is 5.69 Å². The van der Waals surface area contributed by atoms with Crippen LogP contribution in [0.3, 0.4) is 0 Å². The van der Waals surface area contributed by atoms with Crippen LogP contribution in [0.4, 0.5) is 0 Å². The first-order valence-electron chi connectivity index (χ1n) is 8.37. The summed E-state index contributed by atoms with van der Waals surface area (Å²) in [5.41, 5.74) is 4.69. The molecule has 0 aliphatic carbocycles. The van der Waals surface area contributed by atoms with Crippen LogP contribution < -0.4 is 5.32 Å². The van der Waals surface area contributed by atoms with Crippen LogP contribution in [0.15, 0.2) is 48.7 Å². The summed E-state index contributed by atoms with van der Waals surface area (Å²) in [5, 5.41) is 4.68. The van der Waals surface area contributed by atoms with Gasteiger partial charge in [-0.2, -0.15) is 0 Å². The molecule has 3 rings (SSSR count). The van der Waals surface area contributed by atoms with Crippen molar-refractivity contribution in [2.75, 3.05) is 0 Å². The van der Waals surface area contributed by atoms with E-state index in [0.29, 0.717) is 6.04 Å². The molecule has 0 radical (unpaired) electrons. The molecule has 3 aromatic rings. The molecule has 124 valence electrons. The van der Waals surface area contributed by atoms with Gasteiger partial charge in [0.2, 0.25) is 0 Å². The van der Waals surface area contributed by atoms with Gasteiger partial charge in [0.1, 0.15) is 5.01 Å². The Morgan fingerprint density at radius 3 is 2.71 bits per heavy atom. The number of aryl methyl sites for hydroxylation is 2. The van der Waals surface area contributed by atoms with Gasteiger partial charge in [0.15, 0.2) is 0 Å². The SMILES string of the molecule is CCc1cc(-c2nc(C)c(CNC(C)c3ccccc3)s2)ccn1. The number of nitrogens with one attached hydrogen (secondary N) is 1. The third-order valence-corrected chi connectivity index (χ3v) is 5.39. The summed E-state index contributed by atoms with van der Waals surface area (Å²) in [6, 6.07) is 15.0. The zero-order chi connectivity index (χ0) is 16.9. The predicted molar refractivity (Wildman–Crippen MR) is 101 cm³/mol. The van der Waals surface area contributed by atoms with Crippen molar-refractivity contribution in [3.05, 3.63) is 70.5 Å². The Kier molecular flexibility index (Phi) is 5.38. The number of pyridine rings is 1.